The summed E-state index contributed by atoms with van der Waals surface area (Å²) < 4.78 is 11.8. The van der Waals surface area contributed by atoms with E-state index in [1.807, 2.05) is 6.07 Å². The Bertz CT molecular complexity index is 1010. The van der Waals surface area contributed by atoms with Crippen molar-refractivity contribution in [2.75, 3.05) is 13.7 Å². The van der Waals surface area contributed by atoms with Gasteiger partial charge < -0.3 is 14.4 Å². The van der Waals surface area contributed by atoms with E-state index >= 15 is 0 Å². The zero-order valence-electron chi connectivity index (χ0n) is 18.0. The molecule has 0 saturated heterocycles. The lowest BCUT2D eigenvalue weighted by molar-refractivity contribution is -0.143. The van der Waals surface area contributed by atoms with E-state index in [0.29, 0.717) is 35.6 Å². The van der Waals surface area contributed by atoms with Crippen LogP contribution in [0.4, 0.5) is 4.79 Å². The Morgan fingerprint density at radius 1 is 1.17 bits per heavy atom. The van der Waals surface area contributed by atoms with Crippen molar-refractivity contribution in [2.24, 2.45) is 0 Å². The van der Waals surface area contributed by atoms with E-state index in [-0.39, 0.29) is 12.1 Å². The van der Waals surface area contributed by atoms with Crippen molar-refractivity contribution in [1.82, 2.24) is 14.5 Å². The molecule has 1 aliphatic rings. The van der Waals surface area contributed by atoms with Gasteiger partial charge in [0.15, 0.2) is 6.04 Å². The molecule has 2 aromatic rings. The summed E-state index contributed by atoms with van der Waals surface area (Å²) in [7, 11) is 1.29. The number of nitrogens with zero attached hydrogens (tertiary/aromatic N) is 3. The lowest BCUT2D eigenvalue weighted by atomic mass is 10.0. The molecule has 8 heteroatoms. The van der Waals surface area contributed by atoms with Crippen molar-refractivity contribution in [3.05, 3.63) is 63.3 Å². The average molecular weight is 413 g/mol. The van der Waals surface area contributed by atoms with Gasteiger partial charge in [-0.3, -0.25) is 9.36 Å². The second-order valence-corrected chi connectivity index (χ2v) is 8.25. The molecular formula is C22H27N3O5. The van der Waals surface area contributed by atoms with E-state index < -0.39 is 23.7 Å². The highest BCUT2D eigenvalue weighted by Crippen LogP contribution is 2.23. The number of fused-ring (bicyclic) bond motifs is 1. The standard InChI is InChI=1S/C22H27N3O5/c1-14-23-17-13-24(21(28)30-22(2,3)4)12-11-16(17)19(26)25(14)18(20(27)29-5)15-9-7-6-8-10-15/h6-10,18H,11-13H2,1-5H3. The number of aryl methyl sites for hydroxylation is 1. The minimum Gasteiger partial charge on any atom is -0.467 e. The quantitative estimate of drug-likeness (QED) is 0.719. The van der Waals surface area contributed by atoms with Gasteiger partial charge in [-0.1, -0.05) is 30.3 Å². The molecule has 0 aliphatic carbocycles. The second kappa shape index (κ2) is 8.30. The van der Waals surface area contributed by atoms with E-state index in [1.54, 1.807) is 56.9 Å². The summed E-state index contributed by atoms with van der Waals surface area (Å²) in [4.78, 5) is 44.5. The molecule has 8 nitrogen and oxygen atoms in total. The first kappa shape index (κ1) is 21.5. The van der Waals surface area contributed by atoms with Gasteiger partial charge in [0.2, 0.25) is 0 Å². The Hall–Kier alpha value is -3.16. The molecule has 0 fully saturated rings. The summed E-state index contributed by atoms with van der Waals surface area (Å²) in [5.41, 5.74) is 0.781. The number of amides is 1. The maximum atomic E-state index is 13.4. The summed E-state index contributed by atoms with van der Waals surface area (Å²) in [6.07, 6.45) is -0.0999. The van der Waals surface area contributed by atoms with Gasteiger partial charge >= 0.3 is 12.1 Å². The molecule has 0 bridgehead atoms. The van der Waals surface area contributed by atoms with Crippen LogP contribution in [0.2, 0.25) is 0 Å². The van der Waals surface area contributed by atoms with E-state index in [9.17, 15) is 14.4 Å². The van der Waals surface area contributed by atoms with Crippen molar-refractivity contribution < 1.29 is 19.1 Å². The molecular weight excluding hydrogens is 386 g/mol. The Labute approximate surface area is 175 Å². The van der Waals surface area contributed by atoms with Crippen LogP contribution in [0.3, 0.4) is 0 Å². The molecule has 30 heavy (non-hydrogen) atoms. The SMILES string of the molecule is COC(=O)C(c1ccccc1)n1c(C)nc2c(c1=O)CCN(C(=O)OC(C)(C)C)C2. The van der Waals surface area contributed by atoms with Crippen molar-refractivity contribution >= 4 is 12.1 Å². The van der Waals surface area contributed by atoms with Gasteiger partial charge in [0.1, 0.15) is 11.4 Å². The number of methoxy groups -OCH3 is 1. The summed E-state index contributed by atoms with van der Waals surface area (Å²) in [5.74, 6) is -0.164. The molecule has 2 heterocycles. The maximum absolute atomic E-state index is 13.4. The average Bonchev–Trinajstić information content (AvgIpc) is 2.69. The van der Waals surface area contributed by atoms with Crippen LogP contribution in [-0.4, -0.2) is 45.8 Å². The van der Waals surface area contributed by atoms with Crippen LogP contribution in [-0.2, 0) is 27.2 Å². The van der Waals surface area contributed by atoms with Gasteiger partial charge in [0.05, 0.1) is 19.3 Å². The third-order valence-corrected chi connectivity index (χ3v) is 4.89. The van der Waals surface area contributed by atoms with Crippen LogP contribution >= 0.6 is 0 Å². The first-order valence-corrected chi connectivity index (χ1v) is 9.84. The molecule has 0 radical (unpaired) electrons. The Morgan fingerprint density at radius 3 is 2.43 bits per heavy atom. The summed E-state index contributed by atoms with van der Waals surface area (Å²) in [6, 6.07) is 8.07. The number of hydrogen-bond acceptors (Lipinski definition) is 6. The van der Waals surface area contributed by atoms with Crippen LogP contribution in [0.1, 0.15) is 49.5 Å². The first-order valence-electron chi connectivity index (χ1n) is 9.84. The number of ether oxygens (including phenoxy) is 2. The largest absolute Gasteiger partial charge is 0.467 e. The zero-order valence-corrected chi connectivity index (χ0v) is 18.0. The van der Waals surface area contributed by atoms with Crippen molar-refractivity contribution in [3.8, 4) is 0 Å². The Kier molecular flexibility index (Phi) is 5.96. The van der Waals surface area contributed by atoms with Gasteiger partial charge in [0.25, 0.3) is 5.56 Å². The summed E-state index contributed by atoms with van der Waals surface area (Å²) in [5, 5.41) is 0. The molecule has 160 valence electrons. The topological polar surface area (TPSA) is 90.7 Å². The number of benzene rings is 1. The Morgan fingerprint density at radius 2 is 1.83 bits per heavy atom. The Balaban J connectivity index is 2.00. The van der Waals surface area contributed by atoms with Crippen LogP contribution < -0.4 is 5.56 Å². The fourth-order valence-corrected chi connectivity index (χ4v) is 3.54. The molecule has 3 rings (SSSR count). The van der Waals surface area contributed by atoms with Crippen LogP contribution in [0, 0.1) is 6.92 Å². The minimum atomic E-state index is -0.926. The highest BCUT2D eigenvalue weighted by atomic mass is 16.6. The number of carbonyl (C=O) groups is 2. The van der Waals surface area contributed by atoms with E-state index in [4.69, 9.17) is 9.47 Å². The van der Waals surface area contributed by atoms with Gasteiger partial charge in [-0.15, -0.1) is 0 Å². The van der Waals surface area contributed by atoms with Gasteiger partial charge in [0, 0.05) is 12.1 Å². The second-order valence-electron chi connectivity index (χ2n) is 8.25. The van der Waals surface area contributed by atoms with Gasteiger partial charge in [-0.25, -0.2) is 14.6 Å². The van der Waals surface area contributed by atoms with Crippen LogP contribution in [0.5, 0.6) is 0 Å². The molecule has 1 amide bonds. The fraction of sp³-hybridized carbons (Fsp3) is 0.455. The number of carbonyl (C=O) groups excluding carboxylic acids is 2. The predicted octanol–water partition coefficient (Wildman–Crippen LogP) is 2.61. The van der Waals surface area contributed by atoms with E-state index in [0.717, 1.165) is 0 Å². The number of hydrogen-bond donors (Lipinski definition) is 0. The molecule has 1 unspecified atom stereocenters. The van der Waals surface area contributed by atoms with Crippen molar-refractivity contribution in [2.45, 2.75) is 52.3 Å². The molecule has 1 aliphatic heterocycles. The molecule has 1 aromatic carbocycles. The normalized spacial score (nSPS) is 14.6. The number of aromatic nitrogens is 2. The minimum absolute atomic E-state index is 0.190. The zero-order chi connectivity index (χ0) is 22.1. The molecule has 0 saturated carbocycles. The third-order valence-electron chi connectivity index (χ3n) is 4.89. The van der Waals surface area contributed by atoms with Gasteiger partial charge in [-0.05, 0) is 39.7 Å². The molecule has 0 N–H and O–H groups in total. The molecule has 0 spiro atoms. The van der Waals surface area contributed by atoms with Crippen LogP contribution in [0.15, 0.2) is 35.1 Å². The first-order chi connectivity index (χ1) is 14.1. The monoisotopic (exact) mass is 413 g/mol. The smallest absolute Gasteiger partial charge is 0.410 e. The highest BCUT2D eigenvalue weighted by Gasteiger charge is 2.32. The van der Waals surface area contributed by atoms with E-state index in [1.165, 1.54) is 11.7 Å². The fourth-order valence-electron chi connectivity index (χ4n) is 3.54. The molecule has 1 aromatic heterocycles. The third kappa shape index (κ3) is 4.37. The number of rotatable bonds is 3. The van der Waals surface area contributed by atoms with Crippen molar-refractivity contribution in [3.63, 3.8) is 0 Å². The van der Waals surface area contributed by atoms with Crippen molar-refractivity contribution in [1.29, 1.82) is 0 Å². The lowest BCUT2D eigenvalue weighted by Crippen LogP contribution is -2.44. The maximum Gasteiger partial charge on any atom is 0.410 e. The highest BCUT2D eigenvalue weighted by molar-refractivity contribution is 5.78. The predicted molar refractivity (Wildman–Crippen MR) is 110 cm³/mol. The van der Waals surface area contributed by atoms with Crippen LogP contribution in [0.25, 0.3) is 0 Å². The number of esters is 1. The summed E-state index contributed by atoms with van der Waals surface area (Å²) >= 11 is 0. The lowest BCUT2D eigenvalue weighted by Gasteiger charge is -2.31. The van der Waals surface area contributed by atoms with Gasteiger partial charge in [-0.2, -0.15) is 0 Å². The summed E-state index contributed by atoms with van der Waals surface area (Å²) in [6.45, 7) is 7.62. The van der Waals surface area contributed by atoms with E-state index in [2.05, 4.69) is 4.98 Å². The molecule has 1 atom stereocenters.